The molecule has 35 heavy (non-hydrogen) atoms. The highest BCUT2D eigenvalue weighted by molar-refractivity contribution is 7.90. The summed E-state index contributed by atoms with van der Waals surface area (Å²) in [4.78, 5) is 27.0. The summed E-state index contributed by atoms with van der Waals surface area (Å²) in [5.41, 5.74) is 3.22. The lowest BCUT2D eigenvalue weighted by Crippen LogP contribution is -2.31. The summed E-state index contributed by atoms with van der Waals surface area (Å²) in [5.74, 6) is 0.286. The van der Waals surface area contributed by atoms with Crippen molar-refractivity contribution in [1.29, 1.82) is 0 Å². The van der Waals surface area contributed by atoms with E-state index in [1.165, 1.54) is 16.2 Å². The largest absolute Gasteiger partial charge is 0.491 e. The molecule has 0 N–H and O–H groups in total. The molecule has 184 valence electrons. The molecule has 4 rings (SSSR count). The lowest BCUT2D eigenvalue weighted by Gasteiger charge is -2.19. The molecule has 1 atom stereocenters. The van der Waals surface area contributed by atoms with Crippen molar-refractivity contribution in [2.24, 2.45) is 7.05 Å². The van der Waals surface area contributed by atoms with Crippen molar-refractivity contribution >= 4 is 21.0 Å². The minimum Gasteiger partial charge on any atom is -0.491 e. The van der Waals surface area contributed by atoms with Gasteiger partial charge in [-0.05, 0) is 43.7 Å². The molecule has 0 aliphatic carbocycles. The second-order valence-electron chi connectivity index (χ2n) is 8.18. The fourth-order valence-corrected chi connectivity index (χ4v) is 5.06. The van der Waals surface area contributed by atoms with Crippen molar-refractivity contribution in [3.05, 3.63) is 64.5 Å². The fourth-order valence-electron chi connectivity index (χ4n) is 4.17. The topological polar surface area (TPSA) is 118 Å². The number of fused-ring (bicyclic) bond motifs is 1. The molecule has 0 amide bonds. The van der Waals surface area contributed by atoms with E-state index in [1.807, 2.05) is 32.0 Å². The average molecular weight is 498 g/mol. The summed E-state index contributed by atoms with van der Waals surface area (Å²) in [6.45, 7) is 4.04. The highest BCUT2D eigenvalue weighted by Crippen LogP contribution is 2.31. The van der Waals surface area contributed by atoms with Gasteiger partial charge in [-0.1, -0.05) is 6.07 Å². The number of sulfone groups is 1. The Morgan fingerprint density at radius 1 is 1.14 bits per heavy atom. The summed E-state index contributed by atoms with van der Waals surface area (Å²) in [5, 5.41) is 0. The van der Waals surface area contributed by atoms with Gasteiger partial charge in [-0.2, -0.15) is 0 Å². The zero-order valence-corrected chi connectivity index (χ0v) is 21.0. The number of methoxy groups -OCH3 is 1. The third-order valence-corrected chi connectivity index (χ3v) is 6.67. The first-order chi connectivity index (χ1) is 16.7. The minimum atomic E-state index is -3.52. The van der Waals surface area contributed by atoms with Crippen molar-refractivity contribution < 1.29 is 17.9 Å². The molecule has 0 saturated carbocycles. The number of rotatable bonds is 8. The van der Waals surface area contributed by atoms with Gasteiger partial charge in [0.15, 0.2) is 11.4 Å². The molecule has 0 unspecified atom stereocenters. The summed E-state index contributed by atoms with van der Waals surface area (Å²) in [7, 11) is -0.381. The van der Waals surface area contributed by atoms with Gasteiger partial charge in [0.1, 0.15) is 9.84 Å². The first-order valence-corrected chi connectivity index (χ1v) is 13.1. The molecule has 0 fully saturated rings. The Labute approximate surface area is 203 Å². The Balaban J connectivity index is 1.98. The van der Waals surface area contributed by atoms with E-state index >= 15 is 0 Å². The highest BCUT2D eigenvalue weighted by Gasteiger charge is 2.29. The number of aromatic nitrogens is 5. The van der Waals surface area contributed by atoms with Gasteiger partial charge in [-0.15, -0.1) is 0 Å². The van der Waals surface area contributed by atoms with E-state index in [0.29, 0.717) is 29.2 Å². The summed E-state index contributed by atoms with van der Waals surface area (Å²) >= 11 is 0. The number of pyridine rings is 3. The zero-order chi connectivity index (χ0) is 25.3. The van der Waals surface area contributed by atoms with Gasteiger partial charge in [0.05, 0.1) is 42.4 Å². The van der Waals surface area contributed by atoms with Crippen LogP contribution in [0, 0.1) is 6.92 Å². The van der Waals surface area contributed by atoms with Gasteiger partial charge in [0.25, 0.3) is 5.88 Å². The summed E-state index contributed by atoms with van der Waals surface area (Å²) < 4.78 is 38.7. The van der Waals surface area contributed by atoms with Gasteiger partial charge < -0.3 is 9.47 Å². The number of hydrogen-bond donors (Lipinski definition) is 0. The number of nitrogens with zero attached hydrogens (tertiary/aromatic N) is 5. The van der Waals surface area contributed by atoms with Crippen LogP contribution in [0.15, 0.2) is 47.5 Å². The highest BCUT2D eigenvalue weighted by atomic mass is 32.2. The fraction of sp³-hybridized carbons (Fsp3) is 0.333. The van der Waals surface area contributed by atoms with E-state index in [1.54, 1.807) is 31.6 Å². The van der Waals surface area contributed by atoms with E-state index in [4.69, 9.17) is 9.47 Å². The van der Waals surface area contributed by atoms with Crippen molar-refractivity contribution in [2.75, 3.05) is 25.7 Å². The number of ether oxygens (including phenoxy) is 2. The molecule has 10 nitrogen and oxygen atoms in total. The number of aryl methyl sites for hydroxylation is 2. The smallest absolute Gasteiger partial charge is 0.330 e. The predicted molar refractivity (Wildman–Crippen MR) is 133 cm³/mol. The third kappa shape index (κ3) is 4.63. The van der Waals surface area contributed by atoms with Crippen LogP contribution in [0.25, 0.3) is 22.4 Å². The quantitative estimate of drug-likeness (QED) is 0.364. The molecule has 0 spiro atoms. The van der Waals surface area contributed by atoms with Crippen LogP contribution in [0.4, 0.5) is 0 Å². The van der Waals surface area contributed by atoms with E-state index in [2.05, 4.69) is 15.0 Å². The second-order valence-corrected chi connectivity index (χ2v) is 10.4. The maximum Gasteiger partial charge on any atom is 0.330 e. The Morgan fingerprint density at radius 3 is 2.54 bits per heavy atom. The first kappa shape index (κ1) is 24.4. The van der Waals surface area contributed by atoms with Crippen LogP contribution in [0.3, 0.4) is 0 Å². The van der Waals surface area contributed by atoms with Gasteiger partial charge in [0, 0.05) is 31.3 Å². The molecule has 0 aliphatic heterocycles. The van der Waals surface area contributed by atoms with Gasteiger partial charge in [0.2, 0.25) is 0 Å². The minimum absolute atomic E-state index is 0.223. The predicted octanol–water partition coefficient (Wildman–Crippen LogP) is 2.54. The van der Waals surface area contributed by atoms with Gasteiger partial charge >= 0.3 is 5.69 Å². The molecule has 4 heterocycles. The van der Waals surface area contributed by atoms with Crippen LogP contribution in [0.5, 0.6) is 11.6 Å². The molecule has 4 aromatic rings. The van der Waals surface area contributed by atoms with Crippen molar-refractivity contribution in [1.82, 2.24) is 24.1 Å². The average Bonchev–Trinajstić information content (AvgIpc) is 3.08. The van der Waals surface area contributed by atoms with Crippen LogP contribution in [-0.2, 0) is 16.9 Å². The van der Waals surface area contributed by atoms with Crippen molar-refractivity contribution in [2.45, 2.75) is 19.9 Å². The van der Waals surface area contributed by atoms with Crippen molar-refractivity contribution in [3.63, 3.8) is 0 Å². The Hall–Kier alpha value is -3.73. The SMILES string of the molecule is CCOc1nc([C@@H](CS(C)(=O)=O)n2c(=O)n(C)c3c(C)c(-c4ccccn4)cnc32)ccc1OC. The standard InChI is InChI=1S/C24H27N5O5S/c1-6-34-23-20(33-4)11-10-18(27-23)19(14-35(5,31)32)29-22-21(28(3)24(29)30)15(2)16(13-26-22)17-9-7-8-12-25-17/h7-13,19H,6,14H2,1-5H3/t19-/m1/s1. The second kappa shape index (κ2) is 9.49. The molecule has 11 heteroatoms. The Bertz CT molecular complexity index is 1540. The molecule has 0 aliphatic rings. The molecule has 4 aromatic heterocycles. The van der Waals surface area contributed by atoms with E-state index in [0.717, 1.165) is 23.1 Å². The first-order valence-electron chi connectivity index (χ1n) is 11.0. The maximum atomic E-state index is 13.5. The van der Waals surface area contributed by atoms with E-state index < -0.39 is 21.6 Å². The van der Waals surface area contributed by atoms with Crippen LogP contribution in [0.2, 0.25) is 0 Å². The van der Waals surface area contributed by atoms with Crippen LogP contribution in [0.1, 0.15) is 24.2 Å². The van der Waals surface area contributed by atoms with Gasteiger partial charge in [-0.25, -0.2) is 23.2 Å². The molecular formula is C24H27N5O5S. The van der Waals surface area contributed by atoms with E-state index in [-0.39, 0.29) is 11.6 Å². The molecule has 0 saturated heterocycles. The molecule has 0 aromatic carbocycles. The Kier molecular flexibility index (Phi) is 6.62. The molecular weight excluding hydrogens is 470 g/mol. The zero-order valence-electron chi connectivity index (χ0n) is 20.2. The molecule has 0 bridgehead atoms. The molecule has 0 radical (unpaired) electrons. The number of imidazole rings is 1. The summed E-state index contributed by atoms with van der Waals surface area (Å²) in [6.07, 6.45) is 4.47. The van der Waals surface area contributed by atoms with Crippen LogP contribution in [-0.4, -0.2) is 58.2 Å². The van der Waals surface area contributed by atoms with E-state index in [9.17, 15) is 13.2 Å². The third-order valence-electron chi connectivity index (χ3n) is 5.75. The Morgan fingerprint density at radius 2 is 1.91 bits per heavy atom. The lowest BCUT2D eigenvalue weighted by molar-refractivity contribution is 0.296. The summed E-state index contributed by atoms with van der Waals surface area (Å²) in [6, 6.07) is 7.93. The normalized spacial score (nSPS) is 12.6. The van der Waals surface area contributed by atoms with Crippen molar-refractivity contribution in [3.8, 4) is 22.9 Å². The maximum absolute atomic E-state index is 13.5. The van der Waals surface area contributed by atoms with Gasteiger partial charge in [-0.3, -0.25) is 14.1 Å². The lowest BCUT2D eigenvalue weighted by atomic mass is 10.1. The monoisotopic (exact) mass is 497 g/mol. The van der Waals surface area contributed by atoms with Crippen LogP contribution < -0.4 is 15.2 Å². The van der Waals surface area contributed by atoms with Crippen LogP contribution >= 0.6 is 0 Å². The number of hydrogen-bond acceptors (Lipinski definition) is 8.